The van der Waals surface area contributed by atoms with Crippen LogP contribution in [0.2, 0.25) is 0 Å². The fraction of sp³-hybridized carbons (Fsp3) is 0.625. The Morgan fingerprint density at radius 2 is 1.49 bits per heavy atom. The molecule has 8 nitrogen and oxygen atoms in total. The smallest absolute Gasteiger partial charge is 0.445 e. The van der Waals surface area contributed by atoms with E-state index < -0.39 is 42.0 Å². The zero-order valence-electron chi connectivity index (χ0n) is 20.2. The monoisotopic (exact) mass is 499 g/mol. The molecule has 1 aromatic carbocycles. The Morgan fingerprint density at radius 3 is 2.06 bits per heavy atom. The standard InChI is InChI=1S/C24H32F3N3O5/c1-23(2,3)35-22(33)28-12-9-18(10-13-28)30(20(31)24(25,26)27)19-11-14-29(15-19)21(32)34-16-17-7-5-4-6-8-17/h4-8,18-19H,9-16H2,1-3H3. The van der Waals surface area contributed by atoms with Crippen LogP contribution < -0.4 is 0 Å². The number of likely N-dealkylation sites (tertiary alicyclic amines) is 2. The van der Waals surface area contributed by atoms with E-state index in [2.05, 4.69) is 0 Å². The minimum atomic E-state index is -5.04. The molecule has 0 bridgehead atoms. The lowest BCUT2D eigenvalue weighted by molar-refractivity contribution is -0.191. The molecule has 3 amide bonds. The zero-order chi connectivity index (χ0) is 25.8. The van der Waals surface area contributed by atoms with Gasteiger partial charge >= 0.3 is 24.3 Å². The van der Waals surface area contributed by atoms with Crippen LogP contribution in [0.5, 0.6) is 0 Å². The van der Waals surface area contributed by atoms with Crippen molar-refractivity contribution in [1.29, 1.82) is 0 Å². The fourth-order valence-corrected chi connectivity index (χ4v) is 4.37. The van der Waals surface area contributed by atoms with E-state index in [0.29, 0.717) is 0 Å². The van der Waals surface area contributed by atoms with Crippen molar-refractivity contribution in [3.05, 3.63) is 35.9 Å². The third-order valence-corrected chi connectivity index (χ3v) is 6.01. The summed E-state index contributed by atoms with van der Waals surface area (Å²) in [4.78, 5) is 40.8. The number of benzene rings is 1. The normalized spacial score (nSPS) is 19.4. The molecule has 2 aliphatic heterocycles. The predicted molar refractivity (Wildman–Crippen MR) is 120 cm³/mol. The molecule has 0 aromatic heterocycles. The van der Waals surface area contributed by atoms with Crippen LogP contribution in [0.15, 0.2) is 30.3 Å². The van der Waals surface area contributed by atoms with Crippen LogP contribution in [0.1, 0.15) is 45.6 Å². The Bertz CT molecular complexity index is 896. The Morgan fingerprint density at radius 1 is 0.914 bits per heavy atom. The third-order valence-electron chi connectivity index (χ3n) is 6.01. The summed E-state index contributed by atoms with van der Waals surface area (Å²) in [5.74, 6) is -1.92. The van der Waals surface area contributed by atoms with Gasteiger partial charge in [0.15, 0.2) is 0 Å². The summed E-state index contributed by atoms with van der Waals surface area (Å²) < 4.78 is 51.1. The van der Waals surface area contributed by atoms with Crippen molar-refractivity contribution in [2.75, 3.05) is 26.2 Å². The van der Waals surface area contributed by atoms with E-state index in [1.165, 1.54) is 9.80 Å². The van der Waals surface area contributed by atoms with Crippen LogP contribution in [-0.2, 0) is 20.9 Å². The highest BCUT2D eigenvalue weighted by atomic mass is 19.4. The summed E-state index contributed by atoms with van der Waals surface area (Å²) in [6.45, 7) is 5.76. The van der Waals surface area contributed by atoms with Gasteiger partial charge in [0.25, 0.3) is 0 Å². The molecule has 0 N–H and O–H groups in total. The van der Waals surface area contributed by atoms with Gasteiger partial charge in [0, 0.05) is 32.2 Å². The Labute approximate surface area is 202 Å². The molecule has 0 aliphatic carbocycles. The quantitative estimate of drug-likeness (QED) is 0.621. The van der Waals surface area contributed by atoms with Gasteiger partial charge in [-0.15, -0.1) is 0 Å². The molecular weight excluding hydrogens is 467 g/mol. The molecule has 0 saturated carbocycles. The van der Waals surface area contributed by atoms with E-state index in [1.54, 1.807) is 32.9 Å². The van der Waals surface area contributed by atoms with Crippen molar-refractivity contribution >= 4 is 18.1 Å². The lowest BCUT2D eigenvalue weighted by atomic mass is 10.0. The molecule has 0 spiro atoms. The van der Waals surface area contributed by atoms with Crippen LogP contribution >= 0.6 is 0 Å². The number of nitrogens with zero attached hydrogens (tertiary/aromatic N) is 3. The van der Waals surface area contributed by atoms with Gasteiger partial charge in [-0.1, -0.05) is 30.3 Å². The van der Waals surface area contributed by atoms with Gasteiger partial charge in [-0.3, -0.25) is 4.79 Å². The molecule has 2 aliphatic rings. The van der Waals surface area contributed by atoms with Gasteiger partial charge in [0.2, 0.25) is 0 Å². The summed E-state index contributed by atoms with van der Waals surface area (Å²) in [7, 11) is 0. The number of carbonyl (C=O) groups is 3. The Balaban J connectivity index is 1.62. The van der Waals surface area contributed by atoms with Crippen LogP contribution in [0.3, 0.4) is 0 Å². The number of hydrogen-bond acceptors (Lipinski definition) is 5. The van der Waals surface area contributed by atoms with Crippen molar-refractivity contribution < 1.29 is 37.0 Å². The highest BCUT2D eigenvalue weighted by Gasteiger charge is 2.49. The number of ether oxygens (including phenoxy) is 2. The fourth-order valence-electron chi connectivity index (χ4n) is 4.37. The summed E-state index contributed by atoms with van der Waals surface area (Å²) >= 11 is 0. The summed E-state index contributed by atoms with van der Waals surface area (Å²) in [5, 5.41) is 0. The number of alkyl halides is 3. The van der Waals surface area contributed by atoms with E-state index in [-0.39, 0.29) is 52.0 Å². The second-order valence-corrected chi connectivity index (χ2v) is 9.84. The average molecular weight is 500 g/mol. The largest absolute Gasteiger partial charge is 0.471 e. The molecule has 1 unspecified atom stereocenters. The molecule has 194 valence electrons. The number of piperidine rings is 1. The van der Waals surface area contributed by atoms with E-state index in [4.69, 9.17) is 9.47 Å². The number of carbonyl (C=O) groups excluding carboxylic acids is 3. The number of amides is 3. The zero-order valence-corrected chi connectivity index (χ0v) is 20.2. The molecule has 35 heavy (non-hydrogen) atoms. The van der Waals surface area contributed by atoms with Crippen LogP contribution in [0.4, 0.5) is 22.8 Å². The minimum Gasteiger partial charge on any atom is -0.445 e. The van der Waals surface area contributed by atoms with Gasteiger partial charge in [-0.05, 0) is 45.6 Å². The SMILES string of the molecule is CC(C)(C)OC(=O)N1CCC(N(C(=O)C(F)(F)F)C2CCN(C(=O)OCc3ccccc3)C2)CC1. The average Bonchev–Trinajstić information content (AvgIpc) is 3.27. The van der Waals surface area contributed by atoms with Crippen molar-refractivity contribution in [2.45, 2.75) is 70.5 Å². The van der Waals surface area contributed by atoms with E-state index >= 15 is 0 Å². The lowest BCUT2D eigenvalue weighted by Gasteiger charge is -2.41. The molecule has 1 aromatic rings. The topological polar surface area (TPSA) is 79.4 Å². The first-order chi connectivity index (χ1) is 16.3. The highest BCUT2D eigenvalue weighted by molar-refractivity contribution is 5.82. The van der Waals surface area contributed by atoms with Gasteiger partial charge in [-0.2, -0.15) is 13.2 Å². The second kappa shape index (κ2) is 10.7. The number of halogens is 3. The molecule has 1 atom stereocenters. The minimum absolute atomic E-state index is 0.0400. The van der Waals surface area contributed by atoms with Crippen LogP contribution in [0, 0.1) is 0 Å². The molecular formula is C24H32F3N3O5. The maximum atomic E-state index is 13.5. The first kappa shape index (κ1) is 26.6. The van der Waals surface area contributed by atoms with Crippen molar-refractivity contribution in [2.24, 2.45) is 0 Å². The van der Waals surface area contributed by atoms with Gasteiger partial charge < -0.3 is 24.2 Å². The Hall–Kier alpha value is -2.98. The molecule has 2 saturated heterocycles. The van der Waals surface area contributed by atoms with Crippen molar-refractivity contribution in [1.82, 2.24) is 14.7 Å². The van der Waals surface area contributed by atoms with E-state index in [0.717, 1.165) is 10.5 Å². The number of hydrogen-bond donors (Lipinski definition) is 0. The summed E-state index contributed by atoms with van der Waals surface area (Å²) in [6.07, 6.45) is -5.60. The van der Waals surface area contributed by atoms with E-state index in [1.807, 2.05) is 18.2 Å². The van der Waals surface area contributed by atoms with E-state index in [9.17, 15) is 27.6 Å². The van der Waals surface area contributed by atoms with Crippen molar-refractivity contribution in [3.8, 4) is 0 Å². The van der Waals surface area contributed by atoms with Gasteiger partial charge in [-0.25, -0.2) is 9.59 Å². The van der Waals surface area contributed by atoms with Crippen LogP contribution in [0.25, 0.3) is 0 Å². The predicted octanol–water partition coefficient (Wildman–Crippen LogP) is 4.19. The summed E-state index contributed by atoms with van der Waals surface area (Å²) in [5.41, 5.74) is 0.108. The molecule has 0 radical (unpaired) electrons. The highest BCUT2D eigenvalue weighted by Crippen LogP contribution is 2.30. The van der Waals surface area contributed by atoms with Gasteiger partial charge in [0.1, 0.15) is 12.2 Å². The maximum Gasteiger partial charge on any atom is 0.471 e. The maximum absolute atomic E-state index is 13.5. The second-order valence-electron chi connectivity index (χ2n) is 9.84. The molecule has 2 fully saturated rings. The van der Waals surface area contributed by atoms with Crippen molar-refractivity contribution in [3.63, 3.8) is 0 Å². The first-order valence-corrected chi connectivity index (χ1v) is 11.7. The summed E-state index contributed by atoms with van der Waals surface area (Å²) in [6, 6.07) is 7.56. The number of rotatable bonds is 4. The Kier molecular flexibility index (Phi) is 8.17. The molecule has 3 rings (SSSR count). The first-order valence-electron chi connectivity index (χ1n) is 11.7. The molecule has 11 heteroatoms. The van der Waals surface area contributed by atoms with Crippen LogP contribution in [-0.4, -0.2) is 82.8 Å². The lowest BCUT2D eigenvalue weighted by Crippen LogP contribution is -2.56. The third kappa shape index (κ3) is 7.25. The van der Waals surface area contributed by atoms with Gasteiger partial charge in [0.05, 0.1) is 6.04 Å². The molecule has 2 heterocycles.